The van der Waals surface area contributed by atoms with Crippen molar-refractivity contribution in [1.29, 1.82) is 0 Å². The molecule has 4 aromatic rings. The summed E-state index contributed by atoms with van der Waals surface area (Å²) in [5, 5.41) is 15.8. The fourth-order valence-electron chi connectivity index (χ4n) is 3.85. The van der Waals surface area contributed by atoms with Crippen LogP contribution in [-0.2, 0) is 19.3 Å². The fourth-order valence-corrected chi connectivity index (χ4v) is 3.85. The van der Waals surface area contributed by atoms with Crippen LogP contribution < -0.4 is 5.32 Å². The Morgan fingerprint density at radius 3 is 2.83 bits per heavy atom. The van der Waals surface area contributed by atoms with Crippen LogP contribution in [0, 0.1) is 5.82 Å². The van der Waals surface area contributed by atoms with E-state index in [1.54, 1.807) is 16.8 Å². The second-order valence-electron chi connectivity index (χ2n) is 7.07. The molecule has 1 aliphatic carbocycles. The molecule has 0 atom stereocenters. The molecule has 1 N–H and O–H groups in total. The number of amides is 1. The van der Waals surface area contributed by atoms with Gasteiger partial charge in [0.15, 0.2) is 11.3 Å². The summed E-state index contributed by atoms with van der Waals surface area (Å²) in [5.74, 6) is 0.303. The third-order valence-corrected chi connectivity index (χ3v) is 5.23. The number of fused-ring (bicyclic) bond motifs is 2. The number of carbonyl (C=O) groups excluding carboxylic acids is 1. The van der Waals surface area contributed by atoms with Gasteiger partial charge in [-0.25, -0.2) is 9.07 Å². The summed E-state index contributed by atoms with van der Waals surface area (Å²) in [6, 6.07) is 11.9. The van der Waals surface area contributed by atoms with Crippen molar-refractivity contribution >= 4 is 11.6 Å². The van der Waals surface area contributed by atoms with Gasteiger partial charge >= 0.3 is 0 Å². The fraction of sp³-hybridized carbons (Fsp3) is 0.238. The molecule has 0 unspecified atom stereocenters. The molecule has 0 radical (unpaired) electrons. The van der Waals surface area contributed by atoms with Gasteiger partial charge in [0, 0.05) is 30.4 Å². The largest absolute Gasteiger partial charge is 0.350 e. The zero-order valence-electron chi connectivity index (χ0n) is 15.7. The summed E-state index contributed by atoms with van der Waals surface area (Å²) >= 11 is 0. The van der Waals surface area contributed by atoms with Crippen molar-refractivity contribution in [2.75, 3.05) is 6.54 Å². The third kappa shape index (κ3) is 3.16. The molecule has 3 aromatic heterocycles. The lowest BCUT2D eigenvalue weighted by Crippen LogP contribution is -2.27. The number of carbonyl (C=O) groups is 1. The van der Waals surface area contributed by atoms with E-state index in [0.717, 1.165) is 47.7 Å². The Morgan fingerprint density at radius 2 is 1.97 bits per heavy atom. The van der Waals surface area contributed by atoms with Crippen molar-refractivity contribution in [1.82, 2.24) is 29.7 Å². The summed E-state index contributed by atoms with van der Waals surface area (Å²) in [6.07, 6.45) is 5.15. The van der Waals surface area contributed by atoms with Gasteiger partial charge in [-0.05, 0) is 55.7 Å². The number of pyridine rings is 1. The highest BCUT2D eigenvalue weighted by Gasteiger charge is 2.26. The van der Waals surface area contributed by atoms with Crippen LogP contribution in [0.15, 0.2) is 48.7 Å². The number of halogens is 1. The maximum absolute atomic E-state index is 13.3. The molecule has 0 spiro atoms. The molecule has 8 heteroatoms. The smallest absolute Gasteiger partial charge is 0.272 e. The molecule has 146 valence electrons. The molecule has 1 aliphatic rings. The molecular weight excluding hydrogens is 371 g/mol. The molecule has 1 aromatic carbocycles. The van der Waals surface area contributed by atoms with E-state index in [2.05, 4.69) is 20.6 Å². The van der Waals surface area contributed by atoms with Crippen molar-refractivity contribution in [3.63, 3.8) is 0 Å². The standard InChI is InChI=1S/C21H19FN6O/c22-14-7-9-15(10-8-14)28-17-5-3-4-16(17)20(26-28)21(29)23-12-11-19-25-24-18-6-1-2-13-27(18)19/h1-2,6-10,13H,3-5,11-12H2,(H,23,29). The van der Waals surface area contributed by atoms with Gasteiger partial charge in [-0.2, -0.15) is 5.10 Å². The Hall–Kier alpha value is -3.55. The molecule has 3 heterocycles. The number of benzene rings is 1. The maximum atomic E-state index is 13.3. The first-order valence-electron chi connectivity index (χ1n) is 9.64. The normalized spacial score (nSPS) is 13.0. The van der Waals surface area contributed by atoms with Gasteiger partial charge in [0.05, 0.1) is 5.69 Å². The van der Waals surface area contributed by atoms with Crippen molar-refractivity contribution < 1.29 is 9.18 Å². The number of hydrogen-bond acceptors (Lipinski definition) is 4. The van der Waals surface area contributed by atoms with E-state index in [9.17, 15) is 9.18 Å². The van der Waals surface area contributed by atoms with Crippen LogP contribution in [0.1, 0.15) is 34.0 Å². The highest BCUT2D eigenvalue weighted by Crippen LogP contribution is 2.27. The highest BCUT2D eigenvalue weighted by atomic mass is 19.1. The minimum Gasteiger partial charge on any atom is -0.350 e. The zero-order valence-corrected chi connectivity index (χ0v) is 15.7. The van der Waals surface area contributed by atoms with Gasteiger partial charge < -0.3 is 5.32 Å². The van der Waals surface area contributed by atoms with Crippen molar-refractivity contribution in [2.24, 2.45) is 0 Å². The molecule has 0 saturated carbocycles. The van der Waals surface area contributed by atoms with Crippen LogP contribution in [-0.4, -0.2) is 36.8 Å². The first kappa shape index (κ1) is 17.5. The number of nitrogens with one attached hydrogen (secondary N) is 1. The van der Waals surface area contributed by atoms with Crippen molar-refractivity contribution in [2.45, 2.75) is 25.7 Å². The van der Waals surface area contributed by atoms with Crippen LogP contribution >= 0.6 is 0 Å². The first-order chi connectivity index (χ1) is 14.2. The summed E-state index contributed by atoms with van der Waals surface area (Å²) in [5.41, 5.74) is 4.01. The van der Waals surface area contributed by atoms with Crippen LogP contribution in [0.4, 0.5) is 4.39 Å². The topological polar surface area (TPSA) is 77.1 Å². The van der Waals surface area contributed by atoms with E-state index >= 15 is 0 Å². The molecule has 29 heavy (non-hydrogen) atoms. The molecule has 1 amide bonds. The molecule has 0 aliphatic heterocycles. The molecular formula is C21H19FN6O. The monoisotopic (exact) mass is 390 g/mol. The number of hydrogen-bond donors (Lipinski definition) is 1. The van der Waals surface area contributed by atoms with Crippen LogP contribution in [0.25, 0.3) is 11.3 Å². The Bertz CT molecular complexity index is 1190. The molecule has 7 nitrogen and oxygen atoms in total. The van der Waals surface area contributed by atoms with Gasteiger partial charge in [-0.1, -0.05) is 6.07 Å². The number of aromatic nitrogens is 5. The predicted octanol–water partition coefficient (Wildman–Crippen LogP) is 2.52. The number of nitrogens with zero attached hydrogens (tertiary/aromatic N) is 5. The highest BCUT2D eigenvalue weighted by molar-refractivity contribution is 5.94. The predicted molar refractivity (Wildman–Crippen MR) is 105 cm³/mol. The lowest BCUT2D eigenvalue weighted by atomic mass is 10.2. The van der Waals surface area contributed by atoms with E-state index in [1.807, 2.05) is 28.8 Å². The maximum Gasteiger partial charge on any atom is 0.272 e. The average Bonchev–Trinajstić information content (AvgIpc) is 3.44. The summed E-state index contributed by atoms with van der Waals surface area (Å²) < 4.78 is 16.9. The summed E-state index contributed by atoms with van der Waals surface area (Å²) in [7, 11) is 0. The van der Waals surface area contributed by atoms with Gasteiger partial charge in [-0.15, -0.1) is 10.2 Å². The Labute approximate surface area is 166 Å². The second kappa shape index (κ2) is 7.12. The first-order valence-corrected chi connectivity index (χ1v) is 9.64. The van der Waals surface area contributed by atoms with Crippen molar-refractivity contribution in [3.8, 4) is 5.69 Å². The van der Waals surface area contributed by atoms with E-state index in [4.69, 9.17) is 0 Å². The van der Waals surface area contributed by atoms with E-state index < -0.39 is 0 Å². The Balaban J connectivity index is 1.33. The quantitative estimate of drug-likeness (QED) is 0.568. The number of rotatable bonds is 5. The second-order valence-corrected chi connectivity index (χ2v) is 7.07. The SMILES string of the molecule is O=C(NCCc1nnc2ccccn12)c1nn(-c2ccc(F)cc2)c2c1CCC2. The van der Waals surface area contributed by atoms with Crippen LogP contribution in [0.5, 0.6) is 0 Å². The van der Waals surface area contributed by atoms with Crippen LogP contribution in [0.2, 0.25) is 0 Å². The van der Waals surface area contributed by atoms with Crippen LogP contribution in [0.3, 0.4) is 0 Å². The summed E-state index contributed by atoms with van der Waals surface area (Å²) in [6.45, 7) is 0.437. The lowest BCUT2D eigenvalue weighted by Gasteiger charge is -2.05. The van der Waals surface area contributed by atoms with E-state index in [-0.39, 0.29) is 11.7 Å². The molecule has 0 saturated heterocycles. The third-order valence-electron chi connectivity index (χ3n) is 5.23. The Morgan fingerprint density at radius 1 is 1.10 bits per heavy atom. The van der Waals surface area contributed by atoms with E-state index in [1.165, 1.54) is 12.1 Å². The zero-order chi connectivity index (χ0) is 19.8. The van der Waals surface area contributed by atoms with Gasteiger partial charge in [0.25, 0.3) is 5.91 Å². The van der Waals surface area contributed by atoms with Gasteiger partial charge in [0.1, 0.15) is 11.6 Å². The minimum atomic E-state index is -0.295. The lowest BCUT2D eigenvalue weighted by molar-refractivity contribution is 0.0947. The van der Waals surface area contributed by atoms with Crippen molar-refractivity contribution in [3.05, 3.63) is 77.3 Å². The average molecular weight is 390 g/mol. The minimum absolute atomic E-state index is 0.196. The van der Waals surface area contributed by atoms with Gasteiger partial charge in [0.2, 0.25) is 0 Å². The van der Waals surface area contributed by atoms with E-state index in [0.29, 0.717) is 18.7 Å². The van der Waals surface area contributed by atoms with Gasteiger partial charge in [-0.3, -0.25) is 9.20 Å². The molecule has 0 bridgehead atoms. The Kier molecular flexibility index (Phi) is 4.31. The summed E-state index contributed by atoms with van der Waals surface area (Å²) in [4.78, 5) is 12.8. The molecule has 5 rings (SSSR count). The molecule has 0 fully saturated rings.